The molecule has 0 atom stereocenters. The minimum atomic E-state index is 0.610. The quantitative estimate of drug-likeness (QED) is 0.826. The highest BCUT2D eigenvalue weighted by Gasteiger charge is 2.07. The SMILES string of the molecule is C1=C(c2cccc(OCc3ccccc3)c2)CC[N]C1. The van der Waals surface area contributed by atoms with Crippen molar-refractivity contribution in [1.82, 2.24) is 5.32 Å². The zero-order valence-corrected chi connectivity index (χ0v) is 11.5. The Balaban J connectivity index is 1.70. The van der Waals surface area contributed by atoms with Crippen molar-refractivity contribution in [2.75, 3.05) is 13.1 Å². The van der Waals surface area contributed by atoms with Crippen LogP contribution in [-0.4, -0.2) is 13.1 Å². The monoisotopic (exact) mass is 264 g/mol. The zero-order chi connectivity index (χ0) is 13.6. The van der Waals surface area contributed by atoms with Crippen molar-refractivity contribution in [1.29, 1.82) is 0 Å². The summed E-state index contributed by atoms with van der Waals surface area (Å²) in [5.74, 6) is 0.926. The molecule has 0 aliphatic carbocycles. The van der Waals surface area contributed by atoms with Gasteiger partial charge in [-0.25, -0.2) is 5.32 Å². The van der Waals surface area contributed by atoms with E-state index in [1.807, 2.05) is 24.3 Å². The molecule has 2 nitrogen and oxygen atoms in total. The minimum absolute atomic E-state index is 0.610. The van der Waals surface area contributed by atoms with Crippen molar-refractivity contribution in [3.63, 3.8) is 0 Å². The van der Waals surface area contributed by atoms with E-state index in [1.54, 1.807) is 0 Å². The molecule has 2 aromatic carbocycles. The number of ether oxygens (including phenoxy) is 1. The summed E-state index contributed by atoms with van der Waals surface area (Å²) in [5, 5.41) is 4.34. The average molecular weight is 264 g/mol. The molecule has 0 spiro atoms. The van der Waals surface area contributed by atoms with Crippen LogP contribution in [0, 0.1) is 0 Å². The van der Waals surface area contributed by atoms with Crippen molar-refractivity contribution in [2.24, 2.45) is 0 Å². The molecular weight excluding hydrogens is 246 g/mol. The van der Waals surface area contributed by atoms with Gasteiger partial charge >= 0.3 is 0 Å². The Labute approximate surface area is 120 Å². The van der Waals surface area contributed by atoms with Crippen LogP contribution in [0.25, 0.3) is 5.57 Å². The summed E-state index contributed by atoms with van der Waals surface area (Å²) in [7, 11) is 0. The maximum atomic E-state index is 5.87. The summed E-state index contributed by atoms with van der Waals surface area (Å²) in [4.78, 5) is 0. The second-order valence-electron chi connectivity index (χ2n) is 4.91. The number of rotatable bonds is 4. The number of nitrogens with zero attached hydrogens (tertiary/aromatic N) is 1. The lowest BCUT2D eigenvalue weighted by Crippen LogP contribution is -2.12. The van der Waals surface area contributed by atoms with Crippen LogP contribution in [-0.2, 0) is 6.61 Å². The predicted octanol–water partition coefficient (Wildman–Crippen LogP) is 3.66. The van der Waals surface area contributed by atoms with Crippen LogP contribution in [0.3, 0.4) is 0 Å². The first-order valence-corrected chi connectivity index (χ1v) is 7.01. The summed E-state index contributed by atoms with van der Waals surface area (Å²) in [6, 6.07) is 18.6. The number of benzene rings is 2. The van der Waals surface area contributed by atoms with Gasteiger partial charge in [0.25, 0.3) is 0 Å². The van der Waals surface area contributed by atoms with Crippen molar-refractivity contribution < 1.29 is 4.74 Å². The lowest BCUT2D eigenvalue weighted by Gasteiger charge is -2.14. The van der Waals surface area contributed by atoms with Crippen LogP contribution < -0.4 is 10.1 Å². The van der Waals surface area contributed by atoms with Crippen LogP contribution in [0.4, 0.5) is 0 Å². The highest BCUT2D eigenvalue weighted by molar-refractivity contribution is 5.67. The summed E-state index contributed by atoms with van der Waals surface area (Å²) < 4.78 is 5.87. The fraction of sp³-hybridized carbons (Fsp3) is 0.222. The summed E-state index contributed by atoms with van der Waals surface area (Å²) in [5.41, 5.74) is 3.82. The molecule has 0 saturated heterocycles. The average Bonchev–Trinajstić information content (AvgIpc) is 2.55. The first-order valence-electron chi connectivity index (χ1n) is 7.01. The molecule has 20 heavy (non-hydrogen) atoms. The lowest BCUT2D eigenvalue weighted by molar-refractivity contribution is 0.306. The van der Waals surface area contributed by atoms with Gasteiger partial charge in [0.1, 0.15) is 12.4 Å². The molecule has 0 bridgehead atoms. The van der Waals surface area contributed by atoms with Crippen molar-refractivity contribution in [3.8, 4) is 5.75 Å². The van der Waals surface area contributed by atoms with Gasteiger partial charge in [0.2, 0.25) is 0 Å². The normalized spacial score (nSPS) is 14.7. The molecule has 0 aromatic heterocycles. The first kappa shape index (κ1) is 12.9. The molecule has 0 amide bonds. The molecule has 0 fully saturated rings. The molecule has 1 aliphatic heterocycles. The Kier molecular flexibility index (Phi) is 4.14. The fourth-order valence-electron chi connectivity index (χ4n) is 2.36. The van der Waals surface area contributed by atoms with Crippen molar-refractivity contribution in [2.45, 2.75) is 13.0 Å². The van der Waals surface area contributed by atoms with Crippen LogP contribution in [0.1, 0.15) is 17.5 Å². The molecule has 1 aliphatic rings. The van der Waals surface area contributed by atoms with Crippen molar-refractivity contribution >= 4 is 5.57 Å². The van der Waals surface area contributed by atoms with Gasteiger partial charge in [0.15, 0.2) is 0 Å². The third kappa shape index (κ3) is 3.28. The Morgan fingerprint density at radius 1 is 1.00 bits per heavy atom. The lowest BCUT2D eigenvalue weighted by atomic mass is 10.0. The Morgan fingerprint density at radius 3 is 2.70 bits per heavy atom. The van der Waals surface area contributed by atoms with Gasteiger partial charge in [0.05, 0.1) is 0 Å². The second-order valence-corrected chi connectivity index (χ2v) is 4.91. The summed E-state index contributed by atoms with van der Waals surface area (Å²) >= 11 is 0. The van der Waals surface area contributed by atoms with Gasteiger partial charge < -0.3 is 4.74 Å². The Morgan fingerprint density at radius 2 is 1.90 bits per heavy atom. The molecule has 2 aromatic rings. The third-order valence-electron chi connectivity index (χ3n) is 3.46. The van der Waals surface area contributed by atoms with Gasteiger partial charge in [-0.15, -0.1) is 0 Å². The molecule has 3 rings (SSSR count). The van der Waals surface area contributed by atoms with Crippen LogP contribution in [0.5, 0.6) is 5.75 Å². The summed E-state index contributed by atoms with van der Waals surface area (Å²) in [6.45, 7) is 2.38. The molecule has 0 unspecified atom stereocenters. The van der Waals surface area contributed by atoms with E-state index in [9.17, 15) is 0 Å². The standard InChI is InChI=1S/C18H18NO/c1-2-5-15(6-3-1)14-20-18-8-4-7-17(13-18)16-9-11-19-12-10-16/h1-9,13H,10-12,14H2. The van der Waals surface area contributed by atoms with E-state index in [-0.39, 0.29) is 0 Å². The van der Waals surface area contributed by atoms with Gasteiger partial charge in [0, 0.05) is 13.1 Å². The maximum Gasteiger partial charge on any atom is 0.120 e. The molecule has 0 N–H and O–H groups in total. The van der Waals surface area contributed by atoms with Crippen LogP contribution in [0.2, 0.25) is 0 Å². The molecule has 101 valence electrons. The summed E-state index contributed by atoms with van der Waals surface area (Å²) in [6.07, 6.45) is 3.24. The smallest absolute Gasteiger partial charge is 0.120 e. The largest absolute Gasteiger partial charge is 0.489 e. The zero-order valence-electron chi connectivity index (χ0n) is 11.5. The van der Waals surface area contributed by atoms with Crippen molar-refractivity contribution in [3.05, 3.63) is 71.8 Å². The van der Waals surface area contributed by atoms with E-state index in [0.29, 0.717) is 6.61 Å². The maximum absolute atomic E-state index is 5.87. The van der Waals surface area contributed by atoms with E-state index < -0.39 is 0 Å². The Hall–Kier alpha value is -2.06. The highest BCUT2D eigenvalue weighted by Crippen LogP contribution is 2.24. The molecule has 1 heterocycles. The number of hydrogen-bond acceptors (Lipinski definition) is 1. The minimum Gasteiger partial charge on any atom is -0.489 e. The molecule has 0 saturated carbocycles. The molecule has 1 radical (unpaired) electrons. The van der Waals surface area contributed by atoms with Gasteiger partial charge in [-0.05, 0) is 35.3 Å². The van der Waals surface area contributed by atoms with Crippen LogP contribution in [0.15, 0.2) is 60.7 Å². The van der Waals surface area contributed by atoms with E-state index in [4.69, 9.17) is 4.74 Å². The van der Waals surface area contributed by atoms with E-state index in [2.05, 4.69) is 41.7 Å². The molecule has 2 heteroatoms. The predicted molar refractivity (Wildman–Crippen MR) is 81.7 cm³/mol. The fourth-order valence-corrected chi connectivity index (χ4v) is 2.36. The Bertz CT molecular complexity index is 589. The van der Waals surface area contributed by atoms with Gasteiger partial charge in [-0.1, -0.05) is 48.5 Å². The molecular formula is C18H18NO. The third-order valence-corrected chi connectivity index (χ3v) is 3.46. The first-order chi connectivity index (χ1) is 9.92. The highest BCUT2D eigenvalue weighted by atomic mass is 16.5. The van der Waals surface area contributed by atoms with E-state index in [0.717, 1.165) is 25.3 Å². The van der Waals surface area contributed by atoms with E-state index >= 15 is 0 Å². The van der Waals surface area contributed by atoms with Gasteiger partial charge in [-0.3, -0.25) is 0 Å². The number of hydrogen-bond donors (Lipinski definition) is 0. The van der Waals surface area contributed by atoms with Gasteiger partial charge in [-0.2, -0.15) is 0 Å². The second kappa shape index (κ2) is 6.40. The van der Waals surface area contributed by atoms with E-state index in [1.165, 1.54) is 16.7 Å². The van der Waals surface area contributed by atoms with Crippen LogP contribution >= 0.6 is 0 Å². The topological polar surface area (TPSA) is 23.3 Å².